The zero-order valence-electron chi connectivity index (χ0n) is 19.8. The van der Waals surface area contributed by atoms with E-state index in [0.717, 1.165) is 33.8 Å². The lowest BCUT2D eigenvalue weighted by atomic mass is 10.0. The molecule has 0 aliphatic carbocycles. The summed E-state index contributed by atoms with van der Waals surface area (Å²) < 4.78 is 3.45. The number of H-pyrrole nitrogens is 1. The van der Waals surface area contributed by atoms with Gasteiger partial charge in [-0.05, 0) is 29.7 Å². The van der Waals surface area contributed by atoms with Crippen molar-refractivity contribution < 1.29 is 4.79 Å². The molecule has 12 heteroatoms. The molecule has 0 aromatic carbocycles. The number of thiazole rings is 1. The van der Waals surface area contributed by atoms with Gasteiger partial charge in [-0.2, -0.15) is 10.2 Å². The lowest BCUT2D eigenvalue weighted by Crippen LogP contribution is -2.37. The quantitative estimate of drug-likeness (QED) is 0.373. The van der Waals surface area contributed by atoms with Gasteiger partial charge in [-0.15, -0.1) is 11.3 Å². The van der Waals surface area contributed by atoms with Gasteiger partial charge in [0.25, 0.3) is 5.56 Å². The molecule has 0 radical (unpaired) electrons. The average molecular weight is 512 g/mol. The fourth-order valence-corrected chi connectivity index (χ4v) is 5.94. The molecule has 2 N–H and O–H groups in total. The van der Waals surface area contributed by atoms with Gasteiger partial charge in [0.05, 0.1) is 35.0 Å². The lowest BCUT2D eigenvalue weighted by molar-refractivity contribution is -0.117. The molecule has 6 aromatic heterocycles. The van der Waals surface area contributed by atoms with E-state index in [2.05, 4.69) is 35.4 Å². The Bertz CT molecular complexity index is 1900. The molecule has 7 rings (SSSR count). The van der Waals surface area contributed by atoms with E-state index in [4.69, 9.17) is 0 Å². The minimum Gasteiger partial charge on any atom is -0.324 e. The number of aryl methyl sites for hydroxylation is 1. The van der Waals surface area contributed by atoms with Crippen LogP contribution in [0.5, 0.6) is 0 Å². The number of amides is 1. The SMILES string of the molecule is Cn1cc(-c2cn3nc4c5ncc(NC(=O)CN6CCc7ccncc7C6)cc5[nH]c(=O)c4c3s2)cn1. The van der Waals surface area contributed by atoms with Crippen molar-refractivity contribution in [2.45, 2.75) is 13.0 Å². The third kappa shape index (κ3) is 3.77. The van der Waals surface area contributed by atoms with Crippen LogP contribution in [-0.2, 0) is 24.8 Å². The molecule has 6 aromatic rings. The molecule has 7 heterocycles. The van der Waals surface area contributed by atoms with Crippen LogP contribution in [0.1, 0.15) is 11.1 Å². The maximum absolute atomic E-state index is 13.1. The van der Waals surface area contributed by atoms with Crippen LogP contribution in [0.15, 0.2) is 54.1 Å². The number of aromatic nitrogens is 7. The standard InChI is InChI=1S/C25H21N9O2S/c1-32-10-16(8-28-32)19-12-34-25(37-19)21-23(31-34)22-18(30-24(21)36)6-17(9-27-22)29-20(35)13-33-5-3-14-2-4-26-7-15(14)11-33/h2,4,6-10,12H,3,5,11,13H2,1H3,(H,29,35)(H,30,36). The van der Waals surface area contributed by atoms with Crippen LogP contribution in [-0.4, -0.2) is 58.2 Å². The van der Waals surface area contributed by atoms with Gasteiger partial charge in [0, 0.05) is 50.5 Å². The highest BCUT2D eigenvalue weighted by molar-refractivity contribution is 7.21. The number of nitrogens with one attached hydrogen (secondary N) is 2. The Morgan fingerprint density at radius 2 is 2.11 bits per heavy atom. The summed E-state index contributed by atoms with van der Waals surface area (Å²) in [6.07, 6.45) is 11.8. The number of anilines is 1. The van der Waals surface area contributed by atoms with Crippen molar-refractivity contribution in [3.8, 4) is 10.4 Å². The zero-order chi connectivity index (χ0) is 25.1. The largest absolute Gasteiger partial charge is 0.324 e. The Labute approximate surface area is 213 Å². The smallest absolute Gasteiger partial charge is 0.261 e. The van der Waals surface area contributed by atoms with Gasteiger partial charge in [-0.1, -0.05) is 0 Å². The van der Waals surface area contributed by atoms with Gasteiger partial charge >= 0.3 is 0 Å². The minimum atomic E-state index is -0.247. The fourth-order valence-electron chi connectivity index (χ4n) is 4.88. The Balaban J connectivity index is 1.15. The van der Waals surface area contributed by atoms with Crippen LogP contribution < -0.4 is 10.9 Å². The second-order valence-corrected chi connectivity index (χ2v) is 10.2. The summed E-state index contributed by atoms with van der Waals surface area (Å²) in [6.45, 7) is 1.77. The fraction of sp³-hybridized carbons (Fsp3) is 0.200. The van der Waals surface area contributed by atoms with Crippen molar-refractivity contribution in [3.05, 3.63) is 70.8 Å². The van der Waals surface area contributed by atoms with Gasteiger partial charge in [0.15, 0.2) is 0 Å². The predicted molar refractivity (Wildman–Crippen MR) is 141 cm³/mol. The van der Waals surface area contributed by atoms with Crippen LogP contribution in [0.3, 0.4) is 0 Å². The van der Waals surface area contributed by atoms with Gasteiger partial charge in [-0.3, -0.25) is 29.1 Å². The molecule has 1 aliphatic heterocycles. The van der Waals surface area contributed by atoms with E-state index < -0.39 is 0 Å². The van der Waals surface area contributed by atoms with Crippen molar-refractivity contribution in [3.63, 3.8) is 0 Å². The van der Waals surface area contributed by atoms with Crippen LogP contribution in [0, 0.1) is 0 Å². The molecule has 37 heavy (non-hydrogen) atoms. The highest BCUT2D eigenvalue weighted by Gasteiger charge is 2.20. The first kappa shape index (κ1) is 21.8. The number of nitrogens with zero attached hydrogens (tertiary/aromatic N) is 7. The van der Waals surface area contributed by atoms with Crippen molar-refractivity contribution in [2.24, 2.45) is 7.05 Å². The van der Waals surface area contributed by atoms with Gasteiger partial charge in [-0.25, -0.2) is 4.52 Å². The second kappa shape index (κ2) is 8.32. The zero-order valence-corrected chi connectivity index (χ0v) is 20.6. The Morgan fingerprint density at radius 1 is 1.19 bits per heavy atom. The third-order valence-electron chi connectivity index (χ3n) is 6.64. The molecular weight excluding hydrogens is 490 g/mol. The molecular formula is C25H21N9O2S. The maximum atomic E-state index is 13.1. The summed E-state index contributed by atoms with van der Waals surface area (Å²) in [6, 6.07) is 3.76. The number of fused-ring (bicyclic) bond motifs is 6. The first-order valence-corrected chi connectivity index (χ1v) is 12.6. The number of aromatic amines is 1. The van der Waals surface area contributed by atoms with E-state index >= 15 is 0 Å². The normalized spacial score (nSPS) is 14.0. The topological polar surface area (TPSA) is 126 Å². The summed E-state index contributed by atoms with van der Waals surface area (Å²) in [5.41, 5.74) is 5.30. The number of pyridine rings is 3. The number of hydrogen-bond donors (Lipinski definition) is 2. The molecule has 0 saturated carbocycles. The first-order chi connectivity index (χ1) is 18.0. The summed E-state index contributed by atoms with van der Waals surface area (Å²) in [7, 11) is 1.86. The van der Waals surface area contributed by atoms with Crippen molar-refractivity contribution in [1.82, 2.24) is 39.2 Å². The van der Waals surface area contributed by atoms with E-state index in [0.29, 0.717) is 34.2 Å². The highest BCUT2D eigenvalue weighted by atomic mass is 32.1. The highest BCUT2D eigenvalue weighted by Crippen LogP contribution is 2.33. The van der Waals surface area contributed by atoms with E-state index in [9.17, 15) is 9.59 Å². The molecule has 1 aliphatic rings. The average Bonchev–Trinajstić information content (AvgIpc) is 3.58. The molecule has 0 unspecified atom stereocenters. The van der Waals surface area contributed by atoms with Crippen LogP contribution >= 0.6 is 11.3 Å². The summed E-state index contributed by atoms with van der Waals surface area (Å²) >= 11 is 1.48. The predicted octanol–water partition coefficient (Wildman–Crippen LogP) is 2.58. The van der Waals surface area contributed by atoms with Crippen molar-refractivity contribution in [2.75, 3.05) is 18.4 Å². The number of rotatable bonds is 4. The van der Waals surface area contributed by atoms with E-state index in [1.165, 1.54) is 16.9 Å². The van der Waals surface area contributed by atoms with Crippen LogP contribution in [0.25, 0.3) is 37.2 Å². The minimum absolute atomic E-state index is 0.137. The Morgan fingerprint density at radius 3 is 2.97 bits per heavy atom. The number of carbonyl (C=O) groups excluding carboxylic acids is 1. The maximum Gasteiger partial charge on any atom is 0.261 e. The third-order valence-corrected chi connectivity index (χ3v) is 7.78. The molecule has 0 spiro atoms. The van der Waals surface area contributed by atoms with E-state index in [1.807, 2.05) is 31.7 Å². The van der Waals surface area contributed by atoms with Gasteiger partial charge < -0.3 is 10.3 Å². The monoisotopic (exact) mass is 511 g/mol. The lowest BCUT2D eigenvalue weighted by Gasteiger charge is -2.27. The summed E-state index contributed by atoms with van der Waals surface area (Å²) in [5, 5.41) is 12.3. The van der Waals surface area contributed by atoms with Crippen molar-refractivity contribution in [1.29, 1.82) is 0 Å². The summed E-state index contributed by atoms with van der Waals surface area (Å²) in [5.74, 6) is -0.137. The Kier molecular flexibility index (Phi) is 4.91. The Hall–Kier alpha value is -4.42. The molecule has 1 amide bonds. The van der Waals surface area contributed by atoms with Gasteiger partial charge in [0.2, 0.25) is 5.91 Å². The molecule has 0 bridgehead atoms. The summed E-state index contributed by atoms with van der Waals surface area (Å²) in [4.78, 5) is 41.3. The molecule has 0 saturated heterocycles. The molecule has 11 nitrogen and oxygen atoms in total. The second-order valence-electron chi connectivity index (χ2n) is 9.20. The number of hydrogen-bond acceptors (Lipinski definition) is 8. The first-order valence-electron chi connectivity index (χ1n) is 11.8. The van der Waals surface area contributed by atoms with Crippen molar-refractivity contribution >= 4 is 49.7 Å². The van der Waals surface area contributed by atoms with E-state index in [1.54, 1.807) is 33.9 Å². The molecule has 184 valence electrons. The molecule has 0 atom stereocenters. The number of carbonyl (C=O) groups is 1. The van der Waals surface area contributed by atoms with Crippen LogP contribution in [0.4, 0.5) is 5.69 Å². The van der Waals surface area contributed by atoms with E-state index in [-0.39, 0.29) is 18.0 Å². The van der Waals surface area contributed by atoms with Crippen LogP contribution in [0.2, 0.25) is 0 Å². The molecule has 0 fully saturated rings. The van der Waals surface area contributed by atoms with Gasteiger partial charge in [0.1, 0.15) is 21.3 Å².